The highest BCUT2D eigenvalue weighted by Gasteiger charge is 2.31. The standard InChI is InChI=1S/C21H23FN6O/c22-18-8-6-16(7-9-18)10-13-27(15-17-4-3-11-23-14-17)21(29)19-5-1-2-12-28-20(19)24-25-26-28/h3-4,6-9,11,14,19H,1-2,5,10,12-13,15H2/t19-/m1/s1. The van der Waals surface area contributed by atoms with Crippen LogP contribution in [0.3, 0.4) is 0 Å². The fourth-order valence-electron chi connectivity index (χ4n) is 3.71. The summed E-state index contributed by atoms with van der Waals surface area (Å²) < 4.78 is 14.9. The molecule has 0 unspecified atom stereocenters. The Morgan fingerprint density at radius 2 is 2.03 bits per heavy atom. The first-order valence-corrected chi connectivity index (χ1v) is 9.89. The Morgan fingerprint density at radius 1 is 1.17 bits per heavy atom. The van der Waals surface area contributed by atoms with E-state index in [9.17, 15) is 9.18 Å². The van der Waals surface area contributed by atoms with Gasteiger partial charge < -0.3 is 4.90 Å². The van der Waals surface area contributed by atoms with Gasteiger partial charge in [0, 0.05) is 32.0 Å². The molecule has 0 radical (unpaired) electrons. The minimum absolute atomic E-state index is 0.0221. The van der Waals surface area contributed by atoms with Crippen molar-refractivity contribution in [1.82, 2.24) is 30.1 Å². The van der Waals surface area contributed by atoms with E-state index in [1.807, 2.05) is 17.0 Å². The van der Waals surface area contributed by atoms with E-state index in [2.05, 4.69) is 20.5 Å². The number of hydrogen-bond acceptors (Lipinski definition) is 5. The number of fused-ring (bicyclic) bond motifs is 1. The zero-order valence-corrected chi connectivity index (χ0v) is 16.1. The average molecular weight is 394 g/mol. The quantitative estimate of drug-likeness (QED) is 0.643. The number of halogens is 1. The first kappa shape index (κ1) is 19.2. The van der Waals surface area contributed by atoms with Crippen LogP contribution >= 0.6 is 0 Å². The van der Waals surface area contributed by atoms with Crippen molar-refractivity contribution in [3.63, 3.8) is 0 Å². The molecule has 7 nitrogen and oxygen atoms in total. The van der Waals surface area contributed by atoms with Gasteiger partial charge >= 0.3 is 0 Å². The third-order valence-electron chi connectivity index (χ3n) is 5.27. The van der Waals surface area contributed by atoms with E-state index in [1.165, 1.54) is 12.1 Å². The largest absolute Gasteiger partial charge is 0.337 e. The predicted octanol–water partition coefficient (Wildman–Crippen LogP) is 2.75. The van der Waals surface area contributed by atoms with Crippen molar-refractivity contribution in [3.8, 4) is 0 Å². The zero-order valence-electron chi connectivity index (χ0n) is 16.1. The van der Waals surface area contributed by atoms with E-state index in [-0.39, 0.29) is 17.6 Å². The maximum Gasteiger partial charge on any atom is 0.233 e. The van der Waals surface area contributed by atoms with E-state index >= 15 is 0 Å². The number of pyridine rings is 1. The Hall–Kier alpha value is -3.16. The van der Waals surface area contributed by atoms with Crippen molar-refractivity contribution in [3.05, 3.63) is 71.6 Å². The van der Waals surface area contributed by atoms with Gasteiger partial charge in [-0.3, -0.25) is 9.78 Å². The van der Waals surface area contributed by atoms with Gasteiger partial charge in [0.1, 0.15) is 5.82 Å². The second kappa shape index (κ2) is 8.89. The SMILES string of the molecule is O=C([C@@H]1CCCCn2nnnc21)N(CCc1ccc(F)cc1)Cc1cccnc1. The van der Waals surface area contributed by atoms with Crippen LogP contribution in [0.5, 0.6) is 0 Å². The molecule has 0 bridgehead atoms. The van der Waals surface area contributed by atoms with Crippen LogP contribution in [0.1, 0.15) is 42.1 Å². The number of carbonyl (C=O) groups excluding carboxylic acids is 1. The lowest BCUT2D eigenvalue weighted by Crippen LogP contribution is -2.37. The third kappa shape index (κ3) is 4.64. The van der Waals surface area contributed by atoms with E-state index in [0.717, 1.165) is 36.9 Å². The number of amides is 1. The van der Waals surface area contributed by atoms with Gasteiger partial charge in [0.25, 0.3) is 0 Å². The normalized spacial score (nSPS) is 16.1. The molecule has 0 saturated heterocycles. The van der Waals surface area contributed by atoms with Gasteiger partial charge in [0.05, 0.1) is 5.92 Å². The Kier molecular flexibility index (Phi) is 5.88. The fraction of sp³-hybridized carbons (Fsp3) is 0.381. The summed E-state index contributed by atoms with van der Waals surface area (Å²) in [6.07, 6.45) is 6.77. The molecule has 1 atom stereocenters. The maximum absolute atomic E-state index is 13.5. The monoisotopic (exact) mass is 394 g/mol. The van der Waals surface area contributed by atoms with E-state index in [1.54, 1.807) is 29.2 Å². The summed E-state index contributed by atoms with van der Waals surface area (Å²) in [6.45, 7) is 1.73. The second-order valence-corrected chi connectivity index (χ2v) is 7.31. The van der Waals surface area contributed by atoms with Crippen molar-refractivity contribution < 1.29 is 9.18 Å². The highest BCUT2D eigenvalue weighted by Crippen LogP contribution is 2.27. The molecule has 0 aliphatic carbocycles. The smallest absolute Gasteiger partial charge is 0.233 e. The van der Waals surface area contributed by atoms with Crippen LogP contribution in [0.2, 0.25) is 0 Å². The molecule has 0 spiro atoms. The highest BCUT2D eigenvalue weighted by molar-refractivity contribution is 5.83. The van der Waals surface area contributed by atoms with Gasteiger partial charge in [-0.2, -0.15) is 0 Å². The number of hydrogen-bond donors (Lipinski definition) is 0. The maximum atomic E-state index is 13.5. The molecule has 3 aromatic rings. The van der Waals surface area contributed by atoms with Crippen LogP contribution in [0.25, 0.3) is 0 Å². The molecule has 1 aliphatic heterocycles. The molecule has 4 rings (SSSR count). The van der Waals surface area contributed by atoms with Crippen LogP contribution < -0.4 is 0 Å². The van der Waals surface area contributed by atoms with Crippen molar-refractivity contribution in [1.29, 1.82) is 0 Å². The number of aromatic nitrogens is 5. The summed E-state index contributed by atoms with van der Waals surface area (Å²) in [5.41, 5.74) is 1.95. The molecule has 29 heavy (non-hydrogen) atoms. The first-order chi connectivity index (χ1) is 14.2. The highest BCUT2D eigenvalue weighted by atomic mass is 19.1. The molecule has 2 aromatic heterocycles. The van der Waals surface area contributed by atoms with Crippen molar-refractivity contribution in [2.24, 2.45) is 0 Å². The number of tetrazole rings is 1. The summed E-state index contributed by atoms with van der Waals surface area (Å²) >= 11 is 0. The zero-order chi connectivity index (χ0) is 20.1. The predicted molar refractivity (Wildman–Crippen MR) is 104 cm³/mol. The van der Waals surface area contributed by atoms with Crippen molar-refractivity contribution >= 4 is 5.91 Å². The Morgan fingerprint density at radius 3 is 2.83 bits per heavy atom. The van der Waals surface area contributed by atoms with Crippen LogP contribution in [-0.2, 0) is 24.3 Å². The molecule has 0 fully saturated rings. The molecular weight excluding hydrogens is 371 g/mol. The number of carbonyl (C=O) groups is 1. The van der Waals surface area contributed by atoms with Crippen LogP contribution in [0, 0.1) is 5.82 Å². The minimum atomic E-state index is -0.350. The molecule has 3 heterocycles. The van der Waals surface area contributed by atoms with Crippen LogP contribution in [-0.4, -0.2) is 42.5 Å². The second-order valence-electron chi connectivity index (χ2n) is 7.31. The number of nitrogens with zero attached hydrogens (tertiary/aromatic N) is 6. The molecule has 0 N–H and O–H groups in total. The van der Waals surface area contributed by atoms with Crippen LogP contribution in [0.15, 0.2) is 48.8 Å². The molecule has 8 heteroatoms. The molecule has 0 saturated carbocycles. The summed E-state index contributed by atoms with van der Waals surface area (Å²) in [4.78, 5) is 19.5. The summed E-state index contributed by atoms with van der Waals surface area (Å²) in [5.74, 6) is 0.0547. The minimum Gasteiger partial charge on any atom is -0.337 e. The molecule has 1 aliphatic rings. The first-order valence-electron chi connectivity index (χ1n) is 9.89. The van der Waals surface area contributed by atoms with Gasteiger partial charge in [-0.1, -0.05) is 24.6 Å². The van der Waals surface area contributed by atoms with E-state index < -0.39 is 0 Å². The fourth-order valence-corrected chi connectivity index (χ4v) is 3.71. The summed E-state index contributed by atoms with van der Waals surface area (Å²) in [5, 5.41) is 11.9. The Balaban J connectivity index is 1.55. The summed E-state index contributed by atoms with van der Waals surface area (Å²) in [7, 11) is 0. The Bertz CT molecular complexity index is 943. The lowest BCUT2D eigenvalue weighted by atomic mass is 10.00. The van der Waals surface area contributed by atoms with E-state index in [4.69, 9.17) is 0 Å². The average Bonchev–Trinajstić information content (AvgIpc) is 3.12. The van der Waals surface area contributed by atoms with Gasteiger partial charge in [0.2, 0.25) is 5.91 Å². The van der Waals surface area contributed by atoms with Crippen molar-refractivity contribution in [2.45, 2.75) is 44.7 Å². The van der Waals surface area contributed by atoms with Gasteiger partial charge in [-0.25, -0.2) is 9.07 Å². The topological polar surface area (TPSA) is 76.8 Å². The van der Waals surface area contributed by atoms with Gasteiger partial charge in [-0.05, 0) is 59.0 Å². The van der Waals surface area contributed by atoms with E-state index in [0.29, 0.717) is 25.3 Å². The number of rotatable bonds is 6. The lowest BCUT2D eigenvalue weighted by molar-refractivity contribution is -0.133. The molecule has 1 aromatic carbocycles. The van der Waals surface area contributed by atoms with Crippen molar-refractivity contribution in [2.75, 3.05) is 6.54 Å². The summed E-state index contributed by atoms with van der Waals surface area (Å²) in [6, 6.07) is 10.2. The molecular formula is C21H23FN6O. The molecule has 150 valence electrons. The van der Waals surface area contributed by atoms with Gasteiger partial charge in [0.15, 0.2) is 5.82 Å². The number of aryl methyl sites for hydroxylation is 1. The van der Waals surface area contributed by atoms with Crippen LogP contribution in [0.4, 0.5) is 4.39 Å². The molecule has 1 amide bonds. The number of benzene rings is 1. The third-order valence-corrected chi connectivity index (χ3v) is 5.27. The van der Waals surface area contributed by atoms with Gasteiger partial charge in [-0.15, -0.1) is 5.10 Å². The Labute approximate surface area is 168 Å². The lowest BCUT2D eigenvalue weighted by Gasteiger charge is -2.26.